The van der Waals surface area contributed by atoms with Crippen molar-refractivity contribution in [3.05, 3.63) is 23.3 Å². The van der Waals surface area contributed by atoms with Gasteiger partial charge in [0, 0.05) is 26.2 Å². The van der Waals surface area contributed by atoms with Crippen molar-refractivity contribution in [2.75, 3.05) is 52.7 Å². The summed E-state index contributed by atoms with van der Waals surface area (Å²) in [5.74, 6) is 1.83. The highest BCUT2D eigenvalue weighted by Crippen LogP contribution is 2.36. The van der Waals surface area contributed by atoms with Gasteiger partial charge in [-0.1, -0.05) is 0 Å². The van der Waals surface area contributed by atoms with Gasteiger partial charge < -0.3 is 14.2 Å². The summed E-state index contributed by atoms with van der Waals surface area (Å²) in [5, 5.41) is 0. The summed E-state index contributed by atoms with van der Waals surface area (Å²) in [5.41, 5.74) is 2.83. The van der Waals surface area contributed by atoms with E-state index in [1.54, 1.807) is 0 Å². The third-order valence-corrected chi connectivity index (χ3v) is 4.84. The summed E-state index contributed by atoms with van der Waals surface area (Å²) in [6, 6.07) is 4.34. The molecule has 3 aliphatic heterocycles. The Morgan fingerprint density at radius 1 is 0.864 bits per heavy atom. The lowest BCUT2D eigenvalue weighted by molar-refractivity contribution is 0.0359. The van der Waals surface area contributed by atoms with Crippen LogP contribution in [-0.2, 0) is 17.7 Å². The number of hydrogen-bond donors (Lipinski definition) is 0. The number of rotatable bonds is 4. The summed E-state index contributed by atoms with van der Waals surface area (Å²) in [6.45, 7) is 8.87. The fourth-order valence-electron chi connectivity index (χ4n) is 3.54. The maximum atomic E-state index is 5.50. The summed E-state index contributed by atoms with van der Waals surface area (Å²) in [4.78, 5) is 5.07. The molecule has 0 aromatic heterocycles. The monoisotopic (exact) mass is 304 g/mol. The van der Waals surface area contributed by atoms with Gasteiger partial charge in [-0.25, -0.2) is 0 Å². The lowest BCUT2D eigenvalue weighted by Gasteiger charge is -2.31. The molecular weight excluding hydrogens is 280 g/mol. The molecular formula is C17H24N2O3. The maximum Gasteiger partial charge on any atom is 0.231 e. The quantitative estimate of drug-likeness (QED) is 0.842. The summed E-state index contributed by atoms with van der Waals surface area (Å²) in [6.07, 6.45) is 2.35. The van der Waals surface area contributed by atoms with Crippen LogP contribution in [0.15, 0.2) is 12.1 Å². The molecule has 1 saturated heterocycles. The van der Waals surface area contributed by atoms with E-state index in [1.807, 2.05) is 0 Å². The van der Waals surface area contributed by atoms with E-state index >= 15 is 0 Å². The first kappa shape index (κ1) is 14.3. The van der Waals surface area contributed by atoms with Crippen molar-refractivity contribution >= 4 is 0 Å². The van der Waals surface area contributed by atoms with Crippen LogP contribution in [0.3, 0.4) is 0 Å². The van der Waals surface area contributed by atoms with E-state index in [-0.39, 0.29) is 0 Å². The minimum absolute atomic E-state index is 0.363. The van der Waals surface area contributed by atoms with E-state index in [0.717, 1.165) is 57.3 Å². The molecule has 22 heavy (non-hydrogen) atoms. The smallest absolute Gasteiger partial charge is 0.231 e. The van der Waals surface area contributed by atoms with Crippen LogP contribution in [0.4, 0.5) is 0 Å². The summed E-state index contributed by atoms with van der Waals surface area (Å²) < 4.78 is 16.4. The lowest BCUT2D eigenvalue weighted by atomic mass is 9.99. The maximum absolute atomic E-state index is 5.50. The number of morpholine rings is 1. The van der Waals surface area contributed by atoms with Crippen LogP contribution in [0, 0.1) is 0 Å². The second kappa shape index (κ2) is 6.44. The molecule has 0 bridgehead atoms. The van der Waals surface area contributed by atoms with E-state index in [9.17, 15) is 0 Å². The topological polar surface area (TPSA) is 34.2 Å². The highest BCUT2D eigenvalue weighted by molar-refractivity contribution is 5.49. The zero-order valence-electron chi connectivity index (χ0n) is 13.1. The molecule has 0 unspecified atom stereocenters. The molecule has 1 fully saturated rings. The highest BCUT2D eigenvalue weighted by atomic mass is 16.7. The van der Waals surface area contributed by atoms with Gasteiger partial charge in [-0.2, -0.15) is 0 Å². The van der Waals surface area contributed by atoms with Crippen LogP contribution < -0.4 is 9.47 Å². The van der Waals surface area contributed by atoms with Crippen LogP contribution in [0.1, 0.15) is 17.5 Å². The summed E-state index contributed by atoms with van der Waals surface area (Å²) in [7, 11) is 0. The molecule has 5 nitrogen and oxygen atoms in total. The zero-order chi connectivity index (χ0) is 14.8. The Morgan fingerprint density at radius 3 is 2.41 bits per heavy atom. The molecule has 0 N–H and O–H groups in total. The highest BCUT2D eigenvalue weighted by Gasteiger charge is 2.22. The van der Waals surface area contributed by atoms with Crippen LogP contribution in [0.2, 0.25) is 0 Å². The van der Waals surface area contributed by atoms with Gasteiger partial charge in [0.25, 0.3) is 0 Å². The first-order valence-corrected chi connectivity index (χ1v) is 8.32. The van der Waals surface area contributed by atoms with E-state index in [2.05, 4.69) is 21.9 Å². The fraction of sp³-hybridized carbons (Fsp3) is 0.647. The van der Waals surface area contributed by atoms with Crippen molar-refractivity contribution in [2.24, 2.45) is 0 Å². The largest absolute Gasteiger partial charge is 0.454 e. The van der Waals surface area contributed by atoms with E-state index in [0.29, 0.717) is 6.79 Å². The first-order chi connectivity index (χ1) is 10.9. The molecule has 120 valence electrons. The number of benzene rings is 1. The minimum Gasteiger partial charge on any atom is -0.454 e. The molecule has 3 heterocycles. The molecule has 5 heteroatoms. The Balaban J connectivity index is 1.30. The second-order valence-electron chi connectivity index (χ2n) is 6.31. The first-order valence-electron chi connectivity index (χ1n) is 8.32. The van der Waals surface area contributed by atoms with Crippen molar-refractivity contribution in [3.63, 3.8) is 0 Å². The van der Waals surface area contributed by atoms with Crippen LogP contribution in [0.5, 0.6) is 11.5 Å². The van der Waals surface area contributed by atoms with Crippen molar-refractivity contribution in [2.45, 2.75) is 19.4 Å². The Morgan fingerprint density at radius 2 is 1.59 bits per heavy atom. The Bertz CT molecular complexity index is 529. The third kappa shape index (κ3) is 3.07. The Kier molecular flexibility index (Phi) is 4.19. The van der Waals surface area contributed by atoms with Crippen molar-refractivity contribution in [1.82, 2.24) is 9.80 Å². The van der Waals surface area contributed by atoms with Gasteiger partial charge in [0.2, 0.25) is 6.79 Å². The van der Waals surface area contributed by atoms with Crippen LogP contribution in [0.25, 0.3) is 0 Å². The third-order valence-electron chi connectivity index (χ3n) is 4.84. The molecule has 1 aromatic carbocycles. The molecule has 3 aliphatic rings. The standard InChI is InChI=1S/C17H24N2O3/c1(3-18-6-8-20-9-7-18)4-19-5-2-14-10-16-17(22-13-21-16)11-15(14)12-19/h10-11H,1-9,12-13H2. The average molecular weight is 304 g/mol. The molecule has 4 rings (SSSR count). The van der Waals surface area contributed by atoms with E-state index in [1.165, 1.54) is 30.6 Å². The molecule has 0 saturated carbocycles. The predicted octanol–water partition coefficient (Wildman–Crippen LogP) is 1.50. The van der Waals surface area contributed by atoms with Gasteiger partial charge in [0.15, 0.2) is 11.5 Å². The van der Waals surface area contributed by atoms with Crippen molar-refractivity contribution in [3.8, 4) is 11.5 Å². The summed E-state index contributed by atoms with van der Waals surface area (Å²) >= 11 is 0. The fourth-order valence-corrected chi connectivity index (χ4v) is 3.54. The number of nitrogens with zero attached hydrogens (tertiary/aromatic N) is 2. The molecule has 0 atom stereocenters. The van der Waals surface area contributed by atoms with E-state index < -0.39 is 0 Å². The van der Waals surface area contributed by atoms with Gasteiger partial charge in [0.1, 0.15) is 0 Å². The molecule has 0 aliphatic carbocycles. The van der Waals surface area contributed by atoms with Gasteiger partial charge in [-0.3, -0.25) is 9.80 Å². The average Bonchev–Trinajstić information content (AvgIpc) is 3.01. The zero-order valence-corrected chi connectivity index (χ0v) is 13.1. The molecule has 0 spiro atoms. The predicted molar refractivity (Wildman–Crippen MR) is 83.4 cm³/mol. The number of ether oxygens (including phenoxy) is 3. The Labute approximate surface area is 131 Å². The van der Waals surface area contributed by atoms with Gasteiger partial charge >= 0.3 is 0 Å². The van der Waals surface area contributed by atoms with Gasteiger partial charge in [-0.05, 0) is 49.2 Å². The molecule has 1 aromatic rings. The normalized spacial score (nSPS) is 21.8. The lowest BCUT2D eigenvalue weighted by Crippen LogP contribution is -2.38. The van der Waals surface area contributed by atoms with Crippen LogP contribution >= 0.6 is 0 Å². The SMILES string of the molecule is c1c2c(cc3c1OCO3)CN(CCCN1CCOCC1)CC2. The minimum atomic E-state index is 0.363. The Hall–Kier alpha value is -1.30. The van der Waals surface area contributed by atoms with E-state index in [4.69, 9.17) is 14.2 Å². The van der Waals surface area contributed by atoms with Crippen molar-refractivity contribution in [1.29, 1.82) is 0 Å². The number of hydrogen-bond acceptors (Lipinski definition) is 5. The number of fused-ring (bicyclic) bond motifs is 2. The van der Waals surface area contributed by atoms with Gasteiger partial charge in [0.05, 0.1) is 13.2 Å². The van der Waals surface area contributed by atoms with Crippen molar-refractivity contribution < 1.29 is 14.2 Å². The molecule has 0 radical (unpaired) electrons. The van der Waals surface area contributed by atoms with Gasteiger partial charge in [-0.15, -0.1) is 0 Å². The molecule has 0 amide bonds. The second-order valence-corrected chi connectivity index (χ2v) is 6.31. The van der Waals surface area contributed by atoms with Crippen LogP contribution in [-0.4, -0.2) is 62.5 Å².